The van der Waals surface area contributed by atoms with Gasteiger partial charge in [-0.3, -0.25) is 9.36 Å². The van der Waals surface area contributed by atoms with E-state index in [0.29, 0.717) is 11.5 Å². The highest BCUT2D eigenvalue weighted by atomic mass is 35.5. The van der Waals surface area contributed by atoms with E-state index in [9.17, 15) is 19.8 Å². The van der Waals surface area contributed by atoms with E-state index in [1.54, 1.807) is 13.0 Å². The maximum atomic E-state index is 12.9. The van der Waals surface area contributed by atoms with E-state index in [1.165, 1.54) is 23.8 Å². The predicted molar refractivity (Wildman–Crippen MR) is 120 cm³/mol. The monoisotopic (exact) mass is 466 g/mol. The minimum atomic E-state index is -0.952. The molecule has 1 heterocycles. The molecule has 1 aliphatic carbocycles. The van der Waals surface area contributed by atoms with Gasteiger partial charge in [-0.25, -0.2) is 4.79 Å². The predicted octanol–water partition coefficient (Wildman–Crippen LogP) is 2.02. The number of aliphatic hydroxyl groups excluding tert-OH is 2. The van der Waals surface area contributed by atoms with E-state index >= 15 is 0 Å². The number of carbonyl (C=O) groups is 1. The van der Waals surface area contributed by atoms with Crippen molar-refractivity contribution in [1.82, 2.24) is 19.7 Å². The molecule has 0 radical (unpaired) electrons. The minimum absolute atomic E-state index is 0.0166. The second kappa shape index (κ2) is 11.1. The van der Waals surface area contributed by atoms with E-state index in [0.717, 1.165) is 43.2 Å². The second-order valence-electron chi connectivity index (χ2n) is 8.30. The van der Waals surface area contributed by atoms with Crippen LogP contribution in [0, 0.1) is 12.8 Å². The highest BCUT2D eigenvalue weighted by Crippen LogP contribution is 2.25. The molecule has 3 rings (SSSR count). The number of ether oxygens (including phenoxy) is 1. The van der Waals surface area contributed by atoms with Gasteiger partial charge in [0.1, 0.15) is 12.1 Å². The largest absolute Gasteiger partial charge is 0.389 e. The molecular formula is C22H31ClN4O5. The Morgan fingerprint density at radius 1 is 1.28 bits per heavy atom. The first-order valence-corrected chi connectivity index (χ1v) is 11.3. The number of methoxy groups -OCH3 is 1. The van der Waals surface area contributed by atoms with Crippen molar-refractivity contribution in [3.05, 3.63) is 45.1 Å². The lowest BCUT2D eigenvalue weighted by Crippen LogP contribution is -2.40. The van der Waals surface area contributed by atoms with E-state index in [4.69, 9.17) is 16.3 Å². The molecule has 1 amide bonds. The molecule has 0 spiro atoms. The van der Waals surface area contributed by atoms with Crippen molar-refractivity contribution in [3.8, 4) is 5.69 Å². The Morgan fingerprint density at radius 3 is 2.62 bits per heavy atom. The molecule has 1 aromatic heterocycles. The summed E-state index contributed by atoms with van der Waals surface area (Å²) in [7, 11) is 1.47. The molecule has 0 bridgehead atoms. The summed E-state index contributed by atoms with van der Waals surface area (Å²) in [5.74, 6) is -0.0777. The molecule has 0 saturated heterocycles. The van der Waals surface area contributed by atoms with Crippen LogP contribution < -0.4 is 11.0 Å². The Hall–Kier alpha value is -2.20. The van der Waals surface area contributed by atoms with Crippen LogP contribution >= 0.6 is 11.6 Å². The molecule has 2 atom stereocenters. The van der Waals surface area contributed by atoms with Gasteiger partial charge >= 0.3 is 5.69 Å². The van der Waals surface area contributed by atoms with Crippen LogP contribution in [-0.2, 0) is 11.3 Å². The summed E-state index contributed by atoms with van der Waals surface area (Å²) in [6, 6.07) is 4.58. The van der Waals surface area contributed by atoms with E-state index < -0.39 is 23.9 Å². The third kappa shape index (κ3) is 5.78. The summed E-state index contributed by atoms with van der Waals surface area (Å²) in [5, 5.41) is 27.6. The first kappa shape index (κ1) is 24.4. The summed E-state index contributed by atoms with van der Waals surface area (Å²) in [4.78, 5) is 25.7. The first-order chi connectivity index (χ1) is 15.3. The highest BCUT2D eigenvalue weighted by molar-refractivity contribution is 6.33. The van der Waals surface area contributed by atoms with Crippen LogP contribution in [-0.4, -0.2) is 56.5 Å². The number of aliphatic hydroxyl groups is 2. The van der Waals surface area contributed by atoms with Crippen molar-refractivity contribution in [1.29, 1.82) is 0 Å². The van der Waals surface area contributed by atoms with E-state index in [1.807, 2.05) is 0 Å². The smallest absolute Gasteiger partial charge is 0.350 e. The SMILES string of the molecule is COCC(O)Cn1c(C)nn(-c2ccc(Cl)c(C(=O)NC(O)C3CCCCCC3)c2)c1=O. The summed E-state index contributed by atoms with van der Waals surface area (Å²) < 4.78 is 7.41. The maximum Gasteiger partial charge on any atom is 0.350 e. The number of carbonyl (C=O) groups excluding carboxylic acids is 1. The fourth-order valence-corrected chi connectivity index (χ4v) is 4.31. The van der Waals surface area contributed by atoms with Gasteiger partial charge in [0.15, 0.2) is 0 Å². The second-order valence-corrected chi connectivity index (χ2v) is 8.70. The maximum absolute atomic E-state index is 12.9. The zero-order valence-electron chi connectivity index (χ0n) is 18.5. The molecule has 32 heavy (non-hydrogen) atoms. The van der Waals surface area contributed by atoms with Crippen molar-refractivity contribution >= 4 is 17.5 Å². The highest BCUT2D eigenvalue weighted by Gasteiger charge is 2.24. The summed E-state index contributed by atoms with van der Waals surface area (Å²) >= 11 is 6.25. The topological polar surface area (TPSA) is 119 Å². The van der Waals surface area contributed by atoms with Crippen LogP contribution in [0.4, 0.5) is 0 Å². The fraction of sp³-hybridized carbons (Fsp3) is 0.591. The number of nitrogens with one attached hydrogen (secondary N) is 1. The Labute approximate surface area is 192 Å². The standard InChI is InChI=1S/C22H31ClN4O5/c1-14-25-27(22(31)26(14)12-17(28)13-32-2)16-9-10-19(23)18(11-16)21(30)24-20(29)15-7-5-3-4-6-8-15/h9-11,15,17,20,28-29H,3-8,12-13H2,1-2H3,(H,24,30). The number of hydrogen-bond donors (Lipinski definition) is 3. The van der Waals surface area contributed by atoms with Crippen molar-refractivity contribution in [2.75, 3.05) is 13.7 Å². The van der Waals surface area contributed by atoms with Gasteiger partial charge in [-0.1, -0.05) is 37.3 Å². The van der Waals surface area contributed by atoms with Gasteiger partial charge in [0.05, 0.1) is 35.5 Å². The fourth-order valence-electron chi connectivity index (χ4n) is 4.10. The van der Waals surface area contributed by atoms with E-state index in [2.05, 4.69) is 10.4 Å². The number of rotatable bonds is 8. The van der Waals surface area contributed by atoms with Gasteiger partial charge in [-0.2, -0.15) is 9.78 Å². The van der Waals surface area contributed by atoms with Gasteiger partial charge in [0.2, 0.25) is 0 Å². The lowest BCUT2D eigenvalue weighted by Gasteiger charge is -2.22. The molecule has 0 aliphatic heterocycles. The molecule has 1 aliphatic rings. The number of halogens is 1. The van der Waals surface area contributed by atoms with Crippen molar-refractivity contribution in [2.45, 2.75) is 64.3 Å². The van der Waals surface area contributed by atoms with Crippen LogP contribution in [0.5, 0.6) is 0 Å². The normalized spacial score (nSPS) is 17.0. The molecule has 3 N–H and O–H groups in total. The Morgan fingerprint density at radius 2 is 1.97 bits per heavy atom. The van der Waals surface area contributed by atoms with Crippen LogP contribution in [0.2, 0.25) is 5.02 Å². The zero-order chi connectivity index (χ0) is 23.3. The van der Waals surface area contributed by atoms with Gasteiger partial charge in [-0.15, -0.1) is 0 Å². The summed E-state index contributed by atoms with van der Waals surface area (Å²) in [5.41, 5.74) is 0.0526. The average molecular weight is 467 g/mol. The van der Waals surface area contributed by atoms with Crippen molar-refractivity contribution in [2.24, 2.45) is 5.92 Å². The number of benzene rings is 1. The molecule has 2 aromatic rings. The van der Waals surface area contributed by atoms with Gasteiger partial charge in [0, 0.05) is 13.0 Å². The first-order valence-electron chi connectivity index (χ1n) is 10.9. The molecule has 1 aromatic carbocycles. The Balaban J connectivity index is 1.81. The van der Waals surface area contributed by atoms with Gasteiger partial charge in [0.25, 0.3) is 5.91 Å². The quantitative estimate of drug-likeness (QED) is 0.404. The van der Waals surface area contributed by atoms with Gasteiger partial charge < -0.3 is 20.3 Å². The number of aromatic nitrogens is 3. The third-order valence-electron chi connectivity index (χ3n) is 5.86. The molecule has 1 saturated carbocycles. The van der Waals surface area contributed by atoms with Crippen LogP contribution in [0.1, 0.15) is 54.7 Å². The number of nitrogens with zero attached hydrogens (tertiary/aromatic N) is 3. The Kier molecular flexibility index (Phi) is 8.47. The summed E-state index contributed by atoms with van der Waals surface area (Å²) in [6.07, 6.45) is 4.31. The van der Waals surface area contributed by atoms with Crippen LogP contribution in [0.3, 0.4) is 0 Å². The molecule has 10 heteroatoms. The minimum Gasteiger partial charge on any atom is -0.389 e. The average Bonchev–Trinajstić information content (AvgIpc) is 2.95. The number of amides is 1. The van der Waals surface area contributed by atoms with Crippen molar-refractivity contribution in [3.63, 3.8) is 0 Å². The molecule has 9 nitrogen and oxygen atoms in total. The zero-order valence-corrected chi connectivity index (χ0v) is 19.2. The number of hydrogen-bond acceptors (Lipinski definition) is 6. The van der Waals surface area contributed by atoms with Crippen molar-refractivity contribution < 1.29 is 19.7 Å². The summed E-state index contributed by atoms with van der Waals surface area (Å²) in [6.45, 7) is 1.78. The Bertz CT molecular complexity index is 981. The van der Waals surface area contributed by atoms with E-state index in [-0.39, 0.29) is 29.7 Å². The lowest BCUT2D eigenvalue weighted by molar-refractivity contribution is 0.0525. The van der Waals surface area contributed by atoms with Crippen LogP contribution in [0.15, 0.2) is 23.0 Å². The third-order valence-corrected chi connectivity index (χ3v) is 6.19. The van der Waals surface area contributed by atoms with Gasteiger partial charge in [-0.05, 0) is 38.0 Å². The lowest BCUT2D eigenvalue weighted by atomic mass is 9.98. The molecular weight excluding hydrogens is 436 g/mol. The molecule has 176 valence electrons. The number of aryl methyl sites for hydroxylation is 1. The van der Waals surface area contributed by atoms with Crippen LogP contribution in [0.25, 0.3) is 5.69 Å². The molecule has 1 fully saturated rings. The molecule has 2 unspecified atom stereocenters.